The first-order valence-corrected chi connectivity index (χ1v) is 9.59. The van der Waals surface area contributed by atoms with Gasteiger partial charge in [0.25, 0.3) is 5.56 Å². The fourth-order valence-electron chi connectivity index (χ4n) is 3.05. The maximum absolute atomic E-state index is 12.9. The molecule has 138 valence electrons. The summed E-state index contributed by atoms with van der Waals surface area (Å²) in [4.78, 5) is 20.4. The zero-order chi connectivity index (χ0) is 19.0. The minimum atomic E-state index is 0.00287. The number of nitrogens with zero attached hydrogens (tertiary/aromatic N) is 3. The SMILES string of the molecule is COc1ccc(/C=c2\sc3n(c2=O)CN(c2ccc(C)c(C)c2)CN=3)cc1. The maximum atomic E-state index is 12.9. The fourth-order valence-corrected chi connectivity index (χ4v) is 4.01. The summed E-state index contributed by atoms with van der Waals surface area (Å²) in [6.07, 6.45) is 1.91. The molecule has 1 aliphatic heterocycles. The molecule has 0 fully saturated rings. The summed E-state index contributed by atoms with van der Waals surface area (Å²) in [5.41, 5.74) is 4.56. The number of rotatable bonds is 3. The summed E-state index contributed by atoms with van der Waals surface area (Å²) in [6, 6.07) is 14.0. The van der Waals surface area contributed by atoms with Gasteiger partial charge >= 0.3 is 0 Å². The Labute approximate surface area is 161 Å². The number of benzene rings is 2. The van der Waals surface area contributed by atoms with Gasteiger partial charge in [0.15, 0.2) is 4.80 Å². The van der Waals surface area contributed by atoms with E-state index in [-0.39, 0.29) is 5.56 Å². The number of ether oxygens (including phenoxy) is 1. The van der Waals surface area contributed by atoms with Crippen molar-refractivity contribution in [1.82, 2.24) is 4.57 Å². The van der Waals surface area contributed by atoms with Gasteiger partial charge in [0, 0.05) is 5.69 Å². The Bertz CT molecular complexity index is 1160. The molecule has 2 aromatic carbocycles. The van der Waals surface area contributed by atoms with Gasteiger partial charge in [-0.1, -0.05) is 29.5 Å². The number of aromatic nitrogens is 1. The van der Waals surface area contributed by atoms with Crippen molar-refractivity contribution >= 4 is 23.1 Å². The molecule has 0 spiro atoms. The lowest BCUT2D eigenvalue weighted by Gasteiger charge is -2.26. The van der Waals surface area contributed by atoms with Crippen molar-refractivity contribution in [1.29, 1.82) is 0 Å². The van der Waals surface area contributed by atoms with E-state index < -0.39 is 0 Å². The number of anilines is 1. The second kappa shape index (κ2) is 7.04. The summed E-state index contributed by atoms with van der Waals surface area (Å²) >= 11 is 1.44. The quantitative estimate of drug-likeness (QED) is 0.702. The molecule has 0 saturated heterocycles. The molecular weight excluding hydrogens is 358 g/mol. The van der Waals surface area contributed by atoms with Crippen LogP contribution in [-0.2, 0) is 6.67 Å². The third kappa shape index (κ3) is 3.40. The van der Waals surface area contributed by atoms with Gasteiger partial charge in [-0.05, 0) is 60.9 Å². The molecule has 0 atom stereocenters. The van der Waals surface area contributed by atoms with Crippen molar-refractivity contribution in [2.45, 2.75) is 20.5 Å². The molecule has 1 aliphatic rings. The molecule has 0 unspecified atom stereocenters. The van der Waals surface area contributed by atoms with E-state index in [1.165, 1.54) is 22.5 Å². The number of hydrogen-bond donors (Lipinski definition) is 0. The monoisotopic (exact) mass is 379 g/mol. The lowest BCUT2D eigenvalue weighted by atomic mass is 10.1. The highest BCUT2D eigenvalue weighted by Gasteiger charge is 2.16. The summed E-state index contributed by atoms with van der Waals surface area (Å²) in [5, 5.41) is 0. The molecule has 0 saturated carbocycles. The van der Waals surface area contributed by atoms with Crippen molar-refractivity contribution in [3.8, 4) is 5.75 Å². The Morgan fingerprint density at radius 1 is 1.11 bits per heavy atom. The van der Waals surface area contributed by atoms with Crippen LogP contribution < -0.4 is 24.5 Å². The average Bonchev–Trinajstić information content (AvgIpc) is 2.99. The van der Waals surface area contributed by atoms with E-state index in [1.807, 2.05) is 30.3 Å². The first kappa shape index (κ1) is 17.5. The molecule has 2 heterocycles. The van der Waals surface area contributed by atoms with E-state index in [9.17, 15) is 4.79 Å². The van der Waals surface area contributed by atoms with Gasteiger partial charge in [-0.3, -0.25) is 9.36 Å². The molecule has 27 heavy (non-hydrogen) atoms. The summed E-state index contributed by atoms with van der Waals surface area (Å²) in [6.45, 7) is 5.28. The van der Waals surface area contributed by atoms with E-state index in [0.717, 1.165) is 21.8 Å². The number of thiazole rings is 1. The van der Waals surface area contributed by atoms with Crippen LogP contribution in [0.3, 0.4) is 0 Å². The lowest BCUT2D eigenvalue weighted by Crippen LogP contribution is -2.42. The summed E-state index contributed by atoms with van der Waals surface area (Å²) < 4.78 is 7.63. The van der Waals surface area contributed by atoms with Crippen LogP contribution in [0.25, 0.3) is 6.08 Å². The van der Waals surface area contributed by atoms with Crippen molar-refractivity contribution in [3.05, 3.63) is 78.8 Å². The highest BCUT2D eigenvalue weighted by molar-refractivity contribution is 7.07. The maximum Gasteiger partial charge on any atom is 0.271 e. The van der Waals surface area contributed by atoms with Gasteiger partial charge in [-0.25, -0.2) is 4.99 Å². The zero-order valence-electron chi connectivity index (χ0n) is 15.6. The normalized spacial score (nSPS) is 14.0. The first-order valence-electron chi connectivity index (χ1n) is 8.77. The van der Waals surface area contributed by atoms with Crippen LogP contribution in [0.5, 0.6) is 5.75 Å². The van der Waals surface area contributed by atoms with E-state index in [0.29, 0.717) is 17.9 Å². The van der Waals surface area contributed by atoms with E-state index >= 15 is 0 Å². The second-order valence-corrected chi connectivity index (χ2v) is 7.66. The number of hydrogen-bond acceptors (Lipinski definition) is 5. The highest BCUT2D eigenvalue weighted by atomic mass is 32.1. The zero-order valence-corrected chi connectivity index (χ0v) is 16.4. The smallest absolute Gasteiger partial charge is 0.271 e. The van der Waals surface area contributed by atoms with Crippen LogP contribution in [0.4, 0.5) is 5.69 Å². The van der Waals surface area contributed by atoms with E-state index in [4.69, 9.17) is 4.74 Å². The van der Waals surface area contributed by atoms with Gasteiger partial charge in [0.05, 0.1) is 11.6 Å². The Balaban J connectivity index is 1.68. The minimum absolute atomic E-state index is 0.00287. The van der Waals surface area contributed by atoms with Gasteiger partial charge in [0.1, 0.15) is 19.1 Å². The molecule has 0 amide bonds. The van der Waals surface area contributed by atoms with Crippen LogP contribution in [0.1, 0.15) is 16.7 Å². The van der Waals surface area contributed by atoms with E-state index in [2.05, 4.69) is 41.9 Å². The summed E-state index contributed by atoms with van der Waals surface area (Å²) in [5.74, 6) is 0.799. The third-order valence-electron chi connectivity index (χ3n) is 4.85. The number of aryl methyl sites for hydroxylation is 2. The van der Waals surface area contributed by atoms with Crippen molar-refractivity contribution in [2.24, 2.45) is 4.99 Å². The Morgan fingerprint density at radius 2 is 1.89 bits per heavy atom. The fraction of sp³-hybridized carbons (Fsp3) is 0.238. The standard InChI is InChI=1S/C21H21N3O2S/c1-14-4-7-17(10-15(14)2)23-12-22-21-24(13-23)20(25)19(27-21)11-16-5-8-18(26-3)9-6-16/h4-11H,12-13H2,1-3H3/b19-11-. The van der Waals surface area contributed by atoms with Crippen LogP contribution in [0, 0.1) is 13.8 Å². The van der Waals surface area contributed by atoms with Crippen LogP contribution in [0.2, 0.25) is 0 Å². The first-order chi connectivity index (χ1) is 13.0. The molecule has 6 heteroatoms. The van der Waals surface area contributed by atoms with Crippen LogP contribution in [0.15, 0.2) is 52.3 Å². The highest BCUT2D eigenvalue weighted by Crippen LogP contribution is 2.20. The Hall–Kier alpha value is -2.86. The molecule has 0 radical (unpaired) electrons. The van der Waals surface area contributed by atoms with Crippen molar-refractivity contribution in [3.63, 3.8) is 0 Å². The predicted molar refractivity (Wildman–Crippen MR) is 109 cm³/mol. The molecule has 1 aromatic heterocycles. The van der Waals surface area contributed by atoms with Gasteiger partial charge in [0.2, 0.25) is 0 Å². The number of fused-ring (bicyclic) bond motifs is 1. The van der Waals surface area contributed by atoms with Crippen LogP contribution >= 0.6 is 11.3 Å². The Morgan fingerprint density at radius 3 is 2.59 bits per heavy atom. The van der Waals surface area contributed by atoms with E-state index in [1.54, 1.807) is 11.7 Å². The van der Waals surface area contributed by atoms with Crippen LogP contribution in [-0.4, -0.2) is 18.3 Å². The average molecular weight is 379 g/mol. The minimum Gasteiger partial charge on any atom is -0.497 e. The molecule has 4 rings (SSSR count). The largest absolute Gasteiger partial charge is 0.497 e. The second-order valence-electron chi connectivity index (χ2n) is 6.65. The van der Waals surface area contributed by atoms with Gasteiger partial charge in [-0.2, -0.15) is 0 Å². The molecule has 0 aliphatic carbocycles. The molecule has 0 N–H and O–H groups in total. The molecule has 3 aromatic rings. The van der Waals surface area contributed by atoms with Gasteiger partial charge in [-0.15, -0.1) is 0 Å². The van der Waals surface area contributed by atoms with Crippen molar-refractivity contribution in [2.75, 3.05) is 18.7 Å². The predicted octanol–water partition coefficient (Wildman–Crippen LogP) is 2.42. The molecule has 0 bridgehead atoms. The topological polar surface area (TPSA) is 46.8 Å². The van der Waals surface area contributed by atoms with Crippen molar-refractivity contribution < 1.29 is 4.74 Å². The third-order valence-corrected chi connectivity index (χ3v) is 5.89. The van der Waals surface area contributed by atoms with Gasteiger partial charge < -0.3 is 9.64 Å². The summed E-state index contributed by atoms with van der Waals surface area (Å²) in [7, 11) is 1.64. The lowest BCUT2D eigenvalue weighted by molar-refractivity contribution is 0.415. The Kier molecular flexibility index (Phi) is 4.58. The number of methoxy groups -OCH3 is 1. The molecule has 5 nitrogen and oxygen atoms in total. The molecular formula is C21H21N3O2S.